The number of aryl methyl sites for hydroxylation is 1. The van der Waals surface area contributed by atoms with E-state index in [1.807, 2.05) is 13.0 Å². The van der Waals surface area contributed by atoms with Gasteiger partial charge in [-0.1, -0.05) is 19.0 Å². The SMILES string of the molecule is Cc1cc(C(N)C(C)C)on1. The van der Waals surface area contributed by atoms with Crippen LogP contribution in [0.3, 0.4) is 0 Å². The maximum absolute atomic E-state index is 5.82. The molecular weight excluding hydrogens is 140 g/mol. The summed E-state index contributed by atoms with van der Waals surface area (Å²) < 4.78 is 5.01. The molecule has 0 saturated heterocycles. The molecule has 1 rings (SSSR count). The second-order valence-electron chi connectivity index (χ2n) is 3.14. The lowest BCUT2D eigenvalue weighted by Gasteiger charge is -2.10. The minimum absolute atomic E-state index is 0.0313. The van der Waals surface area contributed by atoms with Crippen LogP contribution in [0.15, 0.2) is 10.6 Å². The molecule has 0 fully saturated rings. The van der Waals surface area contributed by atoms with Crippen molar-refractivity contribution in [2.75, 3.05) is 0 Å². The Balaban J connectivity index is 2.76. The third-order valence-corrected chi connectivity index (χ3v) is 1.69. The normalized spacial score (nSPS) is 13.9. The molecule has 11 heavy (non-hydrogen) atoms. The predicted molar refractivity (Wildman–Crippen MR) is 43.0 cm³/mol. The summed E-state index contributed by atoms with van der Waals surface area (Å²) in [6.07, 6.45) is 0. The van der Waals surface area contributed by atoms with E-state index < -0.39 is 0 Å². The van der Waals surface area contributed by atoms with E-state index in [2.05, 4.69) is 19.0 Å². The first-order valence-corrected chi connectivity index (χ1v) is 3.80. The first-order valence-electron chi connectivity index (χ1n) is 3.80. The molecule has 1 unspecified atom stereocenters. The highest BCUT2D eigenvalue weighted by atomic mass is 16.5. The lowest BCUT2D eigenvalue weighted by molar-refractivity contribution is 0.330. The van der Waals surface area contributed by atoms with E-state index in [1.54, 1.807) is 0 Å². The molecule has 3 nitrogen and oxygen atoms in total. The van der Waals surface area contributed by atoms with Crippen LogP contribution in [0, 0.1) is 12.8 Å². The summed E-state index contributed by atoms with van der Waals surface area (Å²) in [7, 11) is 0. The monoisotopic (exact) mass is 154 g/mol. The van der Waals surface area contributed by atoms with E-state index in [1.165, 1.54) is 0 Å². The molecule has 0 aliphatic carbocycles. The smallest absolute Gasteiger partial charge is 0.153 e. The Morgan fingerprint density at radius 2 is 2.18 bits per heavy atom. The molecule has 0 amide bonds. The van der Waals surface area contributed by atoms with Crippen LogP contribution in [0.1, 0.15) is 31.3 Å². The lowest BCUT2D eigenvalue weighted by atomic mass is 10.0. The molecule has 3 heteroatoms. The van der Waals surface area contributed by atoms with Crippen LogP contribution >= 0.6 is 0 Å². The van der Waals surface area contributed by atoms with Crippen molar-refractivity contribution in [2.24, 2.45) is 11.7 Å². The number of aromatic nitrogens is 1. The van der Waals surface area contributed by atoms with Crippen LogP contribution in [0.4, 0.5) is 0 Å². The quantitative estimate of drug-likeness (QED) is 0.704. The Labute approximate surface area is 66.6 Å². The lowest BCUT2D eigenvalue weighted by Crippen LogP contribution is -2.15. The average molecular weight is 154 g/mol. The van der Waals surface area contributed by atoms with Gasteiger partial charge < -0.3 is 10.3 Å². The van der Waals surface area contributed by atoms with Crippen LogP contribution in [-0.4, -0.2) is 5.16 Å². The summed E-state index contributed by atoms with van der Waals surface area (Å²) in [5.74, 6) is 1.17. The van der Waals surface area contributed by atoms with E-state index in [9.17, 15) is 0 Å². The third kappa shape index (κ3) is 1.80. The molecule has 1 aromatic rings. The number of hydrogen-bond donors (Lipinski definition) is 1. The average Bonchev–Trinajstić information content (AvgIpc) is 2.34. The zero-order chi connectivity index (χ0) is 8.43. The highest BCUT2D eigenvalue weighted by Crippen LogP contribution is 2.18. The van der Waals surface area contributed by atoms with Crippen LogP contribution in [0.2, 0.25) is 0 Å². The summed E-state index contributed by atoms with van der Waals surface area (Å²) in [6, 6.07) is 1.85. The molecule has 1 heterocycles. The zero-order valence-electron chi connectivity index (χ0n) is 7.16. The van der Waals surface area contributed by atoms with Gasteiger partial charge in [-0.15, -0.1) is 0 Å². The highest BCUT2D eigenvalue weighted by molar-refractivity contribution is 5.07. The van der Waals surface area contributed by atoms with E-state index in [0.717, 1.165) is 11.5 Å². The summed E-state index contributed by atoms with van der Waals surface area (Å²) in [4.78, 5) is 0. The zero-order valence-corrected chi connectivity index (χ0v) is 7.16. The van der Waals surface area contributed by atoms with Crippen molar-refractivity contribution in [2.45, 2.75) is 26.8 Å². The fourth-order valence-corrected chi connectivity index (χ4v) is 0.869. The minimum atomic E-state index is -0.0313. The molecule has 0 aliphatic rings. The maximum atomic E-state index is 5.82. The molecule has 0 bridgehead atoms. The van der Waals surface area contributed by atoms with Gasteiger partial charge in [0.2, 0.25) is 0 Å². The van der Waals surface area contributed by atoms with Gasteiger partial charge in [0.15, 0.2) is 5.76 Å². The number of nitrogens with two attached hydrogens (primary N) is 1. The summed E-state index contributed by atoms with van der Waals surface area (Å²) in [5.41, 5.74) is 6.70. The van der Waals surface area contributed by atoms with Gasteiger partial charge in [0.1, 0.15) is 0 Å². The van der Waals surface area contributed by atoms with Crippen LogP contribution in [-0.2, 0) is 0 Å². The largest absolute Gasteiger partial charge is 0.359 e. The van der Waals surface area contributed by atoms with Crippen LogP contribution in [0.5, 0.6) is 0 Å². The van der Waals surface area contributed by atoms with Gasteiger partial charge in [0, 0.05) is 6.07 Å². The van der Waals surface area contributed by atoms with E-state index in [-0.39, 0.29) is 6.04 Å². The van der Waals surface area contributed by atoms with Crippen LogP contribution in [0.25, 0.3) is 0 Å². The first kappa shape index (κ1) is 8.27. The van der Waals surface area contributed by atoms with Crippen molar-refractivity contribution >= 4 is 0 Å². The second-order valence-corrected chi connectivity index (χ2v) is 3.14. The third-order valence-electron chi connectivity index (χ3n) is 1.69. The van der Waals surface area contributed by atoms with Gasteiger partial charge in [0.05, 0.1) is 11.7 Å². The molecule has 2 N–H and O–H groups in total. The van der Waals surface area contributed by atoms with Crippen molar-refractivity contribution in [3.63, 3.8) is 0 Å². The number of hydrogen-bond acceptors (Lipinski definition) is 3. The van der Waals surface area contributed by atoms with Gasteiger partial charge in [-0.25, -0.2) is 0 Å². The molecule has 0 saturated carbocycles. The molecular formula is C8H14N2O. The van der Waals surface area contributed by atoms with Crippen molar-refractivity contribution < 1.29 is 4.52 Å². The van der Waals surface area contributed by atoms with Gasteiger partial charge in [-0.2, -0.15) is 0 Å². The highest BCUT2D eigenvalue weighted by Gasteiger charge is 2.14. The van der Waals surface area contributed by atoms with E-state index >= 15 is 0 Å². The molecule has 1 aromatic heterocycles. The minimum Gasteiger partial charge on any atom is -0.359 e. The van der Waals surface area contributed by atoms with Crippen molar-refractivity contribution in [1.29, 1.82) is 0 Å². The molecule has 0 aliphatic heterocycles. The Morgan fingerprint density at radius 3 is 2.55 bits per heavy atom. The van der Waals surface area contributed by atoms with Gasteiger partial charge in [-0.05, 0) is 12.8 Å². The molecule has 0 spiro atoms. The number of rotatable bonds is 2. The predicted octanol–water partition coefficient (Wildman–Crippen LogP) is 1.64. The summed E-state index contributed by atoms with van der Waals surface area (Å²) in [6.45, 7) is 6.01. The van der Waals surface area contributed by atoms with Crippen molar-refractivity contribution in [1.82, 2.24) is 5.16 Å². The van der Waals surface area contributed by atoms with E-state index in [4.69, 9.17) is 10.3 Å². The Kier molecular flexibility index (Phi) is 2.29. The standard InChI is InChI=1S/C8H14N2O/c1-5(2)8(9)7-4-6(3)10-11-7/h4-5,8H,9H2,1-3H3. The Morgan fingerprint density at radius 1 is 1.55 bits per heavy atom. The molecule has 0 aromatic carbocycles. The maximum Gasteiger partial charge on any atom is 0.153 e. The van der Waals surface area contributed by atoms with E-state index in [0.29, 0.717) is 5.92 Å². The van der Waals surface area contributed by atoms with Crippen LogP contribution < -0.4 is 5.73 Å². The molecule has 62 valence electrons. The second kappa shape index (κ2) is 3.05. The fraction of sp³-hybridized carbons (Fsp3) is 0.625. The summed E-state index contributed by atoms with van der Waals surface area (Å²) >= 11 is 0. The Hall–Kier alpha value is -0.830. The Bertz CT molecular complexity index is 230. The van der Waals surface area contributed by atoms with Gasteiger partial charge >= 0.3 is 0 Å². The fourth-order valence-electron chi connectivity index (χ4n) is 0.869. The number of nitrogens with zero attached hydrogens (tertiary/aromatic N) is 1. The van der Waals surface area contributed by atoms with Gasteiger partial charge in [-0.3, -0.25) is 0 Å². The van der Waals surface area contributed by atoms with Gasteiger partial charge in [0.25, 0.3) is 0 Å². The topological polar surface area (TPSA) is 52.0 Å². The molecule has 0 radical (unpaired) electrons. The van der Waals surface area contributed by atoms with Crippen molar-refractivity contribution in [3.05, 3.63) is 17.5 Å². The first-order chi connectivity index (χ1) is 5.11. The molecule has 1 atom stereocenters. The summed E-state index contributed by atoms with van der Waals surface area (Å²) in [5, 5.41) is 3.77. The van der Waals surface area contributed by atoms with Crippen molar-refractivity contribution in [3.8, 4) is 0 Å².